The lowest BCUT2D eigenvalue weighted by Gasteiger charge is -2.16. The van der Waals surface area contributed by atoms with Gasteiger partial charge in [0.1, 0.15) is 6.10 Å². The first-order valence-corrected chi connectivity index (χ1v) is 6.89. The van der Waals surface area contributed by atoms with Crippen molar-refractivity contribution in [1.29, 1.82) is 0 Å². The van der Waals surface area contributed by atoms with Crippen molar-refractivity contribution in [2.24, 2.45) is 5.92 Å². The van der Waals surface area contributed by atoms with E-state index < -0.39 is 0 Å². The molecule has 1 aromatic rings. The van der Waals surface area contributed by atoms with Crippen LogP contribution in [-0.2, 0) is 10.2 Å². The Morgan fingerprint density at radius 1 is 1.56 bits per heavy atom. The minimum absolute atomic E-state index is 0.00837. The Morgan fingerprint density at radius 2 is 2.39 bits per heavy atom. The van der Waals surface area contributed by atoms with Gasteiger partial charge in [0.05, 0.1) is 5.41 Å². The van der Waals surface area contributed by atoms with Crippen LogP contribution >= 0.6 is 0 Å². The highest BCUT2D eigenvalue weighted by atomic mass is 16.5. The van der Waals surface area contributed by atoms with Crippen LogP contribution in [0.1, 0.15) is 50.9 Å². The predicted molar refractivity (Wildman–Crippen MR) is 66.2 cm³/mol. The zero-order chi connectivity index (χ0) is 12.6. The van der Waals surface area contributed by atoms with E-state index in [1.807, 2.05) is 6.92 Å². The summed E-state index contributed by atoms with van der Waals surface area (Å²) in [5.41, 5.74) is -0.00837. The van der Waals surface area contributed by atoms with Gasteiger partial charge in [0.25, 0.3) is 0 Å². The molecule has 2 aliphatic rings. The van der Waals surface area contributed by atoms with Gasteiger partial charge in [-0.1, -0.05) is 5.16 Å². The molecule has 2 atom stereocenters. The van der Waals surface area contributed by atoms with E-state index >= 15 is 0 Å². The molecule has 2 unspecified atom stereocenters. The molecule has 100 valence electrons. The second kappa shape index (κ2) is 4.63. The van der Waals surface area contributed by atoms with E-state index in [0.717, 1.165) is 31.2 Å². The summed E-state index contributed by atoms with van der Waals surface area (Å²) < 4.78 is 11.2. The molecule has 0 spiro atoms. The molecule has 1 aliphatic heterocycles. The number of hydrogen-bond acceptors (Lipinski definition) is 5. The highest BCUT2D eigenvalue weighted by Crippen LogP contribution is 2.42. The highest BCUT2D eigenvalue weighted by molar-refractivity contribution is 5.09. The summed E-state index contributed by atoms with van der Waals surface area (Å²) in [6.45, 7) is 6.82. The second-order valence-electron chi connectivity index (χ2n) is 5.66. The van der Waals surface area contributed by atoms with Crippen molar-refractivity contribution >= 4 is 0 Å². The summed E-state index contributed by atoms with van der Waals surface area (Å²) >= 11 is 0. The van der Waals surface area contributed by atoms with E-state index in [2.05, 4.69) is 22.4 Å². The average Bonchev–Trinajstić information content (AvgIpc) is 2.89. The molecule has 0 radical (unpaired) electrons. The van der Waals surface area contributed by atoms with Crippen LogP contribution in [0.5, 0.6) is 0 Å². The average molecular weight is 251 g/mol. The minimum atomic E-state index is -0.00837. The number of rotatable bonds is 5. The topological polar surface area (TPSA) is 60.2 Å². The fraction of sp³-hybridized carbons (Fsp3) is 0.846. The fourth-order valence-corrected chi connectivity index (χ4v) is 2.60. The van der Waals surface area contributed by atoms with Gasteiger partial charge in [-0.25, -0.2) is 0 Å². The molecule has 2 heterocycles. The van der Waals surface area contributed by atoms with Crippen molar-refractivity contribution in [3.05, 3.63) is 11.7 Å². The van der Waals surface area contributed by atoms with E-state index in [1.165, 1.54) is 12.8 Å². The third-order valence-corrected chi connectivity index (χ3v) is 3.98. The van der Waals surface area contributed by atoms with E-state index in [0.29, 0.717) is 12.5 Å². The molecule has 1 saturated carbocycles. The normalized spacial score (nSPS) is 29.7. The van der Waals surface area contributed by atoms with E-state index in [4.69, 9.17) is 9.26 Å². The molecular weight excluding hydrogens is 230 g/mol. The smallest absolute Gasteiger partial charge is 0.234 e. The Kier molecular flexibility index (Phi) is 3.11. The Labute approximate surface area is 107 Å². The number of nitrogens with one attached hydrogen (secondary N) is 1. The van der Waals surface area contributed by atoms with Gasteiger partial charge in [0.15, 0.2) is 0 Å². The maximum Gasteiger partial charge on any atom is 0.234 e. The summed E-state index contributed by atoms with van der Waals surface area (Å²) in [5, 5.41) is 7.50. The lowest BCUT2D eigenvalue weighted by Crippen LogP contribution is -2.25. The Morgan fingerprint density at radius 3 is 3.00 bits per heavy atom. The zero-order valence-electron chi connectivity index (χ0n) is 11.1. The van der Waals surface area contributed by atoms with Crippen molar-refractivity contribution < 1.29 is 9.26 Å². The molecule has 0 aromatic carbocycles. The van der Waals surface area contributed by atoms with Gasteiger partial charge < -0.3 is 14.6 Å². The summed E-state index contributed by atoms with van der Waals surface area (Å²) in [5.74, 6) is 2.08. The SMILES string of the molecule is CCOC(c1noc(C2(C)CCNC2)n1)C1CC1. The molecule has 0 amide bonds. The third kappa shape index (κ3) is 2.17. The molecule has 5 nitrogen and oxygen atoms in total. The summed E-state index contributed by atoms with van der Waals surface area (Å²) in [4.78, 5) is 4.60. The molecular formula is C13H21N3O2. The molecule has 5 heteroatoms. The monoisotopic (exact) mass is 251 g/mol. The maximum absolute atomic E-state index is 5.76. The van der Waals surface area contributed by atoms with Crippen molar-refractivity contribution in [2.45, 2.75) is 44.6 Å². The second-order valence-corrected chi connectivity index (χ2v) is 5.66. The molecule has 3 rings (SSSR count). The van der Waals surface area contributed by atoms with Gasteiger partial charge in [0.2, 0.25) is 11.7 Å². The van der Waals surface area contributed by atoms with Gasteiger partial charge in [-0.2, -0.15) is 4.98 Å². The van der Waals surface area contributed by atoms with Gasteiger partial charge in [-0.3, -0.25) is 0 Å². The van der Waals surface area contributed by atoms with E-state index in [9.17, 15) is 0 Å². The summed E-state index contributed by atoms with van der Waals surface area (Å²) in [6.07, 6.45) is 3.52. The van der Waals surface area contributed by atoms with Crippen molar-refractivity contribution in [1.82, 2.24) is 15.5 Å². The number of ether oxygens (including phenoxy) is 1. The number of hydrogen-bond donors (Lipinski definition) is 1. The van der Waals surface area contributed by atoms with E-state index in [1.54, 1.807) is 0 Å². The predicted octanol–water partition coefficient (Wildman–Crippen LogP) is 1.81. The van der Waals surface area contributed by atoms with Crippen molar-refractivity contribution in [2.75, 3.05) is 19.7 Å². The summed E-state index contributed by atoms with van der Waals surface area (Å²) in [7, 11) is 0. The van der Waals surface area contributed by atoms with Crippen LogP contribution in [0.2, 0.25) is 0 Å². The van der Waals surface area contributed by atoms with Crippen LogP contribution < -0.4 is 5.32 Å². The molecule has 1 aliphatic carbocycles. The van der Waals surface area contributed by atoms with Gasteiger partial charge in [-0.15, -0.1) is 0 Å². The third-order valence-electron chi connectivity index (χ3n) is 3.98. The Balaban J connectivity index is 1.79. The molecule has 2 fully saturated rings. The first kappa shape index (κ1) is 12.1. The van der Waals surface area contributed by atoms with Crippen LogP contribution in [0, 0.1) is 5.92 Å². The Bertz CT molecular complexity index is 408. The molecule has 1 saturated heterocycles. The van der Waals surface area contributed by atoms with Gasteiger partial charge in [0, 0.05) is 13.2 Å². The first-order valence-electron chi connectivity index (χ1n) is 6.89. The summed E-state index contributed by atoms with van der Waals surface area (Å²) in [6, 6.07) is 0. The maximum atomic E-state index is 5.76. The quantitative estimate of drug-likeness (QED) is 0.864. The molecule has 18 heavy (non-hydrogen) atoms. The van der Waals surface area contributed by atoms with Crippen LogP contribution in [-0.4, -0.2) is 29.8 Å². The van der Waals surface area contributed by atoms with Crippen LogP contribution in [0.3, 0.4) is 0 Å². The van der Waals surface area contributed by atoms with Crippen LogP contribution in [0.15, 0.2) is 4.52 Å². The van der Waals surface area contributed by atoms with E-state index in [-0.39, 0.29) is 11.5 Å². The molecule has 0 bridgehead atoms. The van der Waals surface area contributed by atoms with Crippen molar-refractivity contribution in [3.8, 4) is 0 Å². The number of aromatic nitrogens is 2. The fourth-order valence-electron chi connectivity index (χ4n) is 2.60. The van der Waals surface area contributed by atoms with Crippen molar-refractivity contribution in [3.63, 3.8) is 0 Å². The Hall–Kier alpha value is -0.940. The number of nitrogens with zero attached hydrogens (tertiary/aromatic N) is 2. The van der Waals surface area contributed by atoms with Crippen LogP contribution in [0.25, 0.3) is 0 Å². The highest BCUT2D eigenvalue weighted by Gasteiger charge is 2.40. The van der Waals surface area contributed by atoms with Gasteiger partial charge in [-0.05, 0) is 45.6 Å². The molecule has 1 N–H and O–H groups in total. The standard InChI is InChI=1S/C13H21N3O2/c1-3-17-10(9-4-5-9)11-15-12(18-16-11)13(2)6-7-14-8-13/h9-10,14H,3-8H2,1-2H3. The lowest BCUT2D eigenvalue weighted by atomic mass is 9.90. The lowest BCUT2D eigenvalue weighted by molar-refractivity contribution is 0.0384. The van der Waals surface area contributed by atoms with Gasteiger partial charge >= 0.3 is 0 Å². The van der Waals surface area contributed by atoms with Crippen LogP contribution in [0.4, 0.5) is 0 Å². The molecule has 1 aromatic heterocycles. The minimum Gasteiger partial charge on any atom is -0.370 e. The zero-order valence-corrected chi connectivity index (χ0v) is 11.1. The first-order chi connectivity index (χ1) is 8.73. The largest absolute Gasteiger partial charge is 0.370 e.